The zero-order chi connectivity index (χ0) is 27.8. The summed E-state index contributed by atoms with van der Waals surface area (Å²) in [6, 6.07) is 8.11. The summed E-state index contributed by atoms with van der Waals surface area (Å²) in [5.74, 6) is 0.422. The van der Waals surface area contributed by atoms with E-state index in [0.717, 1.165) is 49.2 Å². The van der Waals surface area contributed by atoms with Gasteiger partial charge >= 0.3 is 12.0 Å². The molecule has 1 amide bonds. The van der Waals surface area contributed by atoms with Crippen molar-refractivity contribution >= 4 is 41.7 Å². The number of amides is 1. The number of methoxy groups -OCH3 is 2. The average Bonchev–Trinajstić information content (AvgIpc) is 2.91. The van der Waals surface area contributed by atoms with Crippen LogP contribution in [-0.4, -0.2) is 80.8 Å². The van der Waals surface area contributed by atoms with Gasteiger partial charge in [0.15, 0.2) is 11.6 Å². The van der Waals surface area contributed by atoms with E-state index in [0.29, 0.717) is 37.7 Å². The van der Waals surface area contributed by atoms with Gasteiger partial charge in [0.2, 0.25) is 6.41 Å². The molecule has 38 heavy (non-hydrogen) atoms. The van der Waals surface area contributed by atoms with Crippen LogP contribution in [0.1, 0.15) is 38.2 Å². The number of nitrogens with zero attached hydrogens (tertiary/aromatic N) is 4. The molecule has 2 aromatic rings. The fraction of sp³-hybridized carbons (Fsp3) is 0.538. The summed E-state index contributed by atoms with van der Waals surface area (Å²) >= 11 is 1.64. The number of nitrogens with two attached hydrogens (primary N) is 1. The molecular weight excluding hydrogens is 508 g/mol. The van der Waals surface area contributed by atoms with Crippen LogP contribution >= 0.6 is 11.9 Å². The number of carbonyl (C=O) groups is 2. The fourth-order valence-electron chi connectivity index (χ4n) is 3.53. The molecule has 0 unspecified atom stereocenters. The SMILES string of the molecule is CCCCOc1nc(N)c(NC=O)c(N(C)CCCCN(CCOC)Sc2cccc(CC(=O)OC)c2)n1. The van der Waals surface area contributed by atoms with Crippen molar-refractivity contribution in [1.82, 2.24) is 14.3 Å². The van der Waals surface area contributed by atoms with Crippen molar-refractivity contribution in [2.45, 2.75) is 43.9 Å². The maximum atomic E-state index is 11.6. The van der Waals surface area contributed by atoms with Crippen LogP contribution in [0, 0.1) is 0 Å². The second-order valence-electron chi connectivity index (χ2n) is 8.60. The maximum Gasteiger partial charge on any atom is 0.320 e. The van der Waals surface area contributed by atoms with Gasteiger partial charge in [-0.05, 0) is 48.9 Å². The molecule has 0 radical (unpaired) electrons. The predicted octanol–water partition coefficient (Wildman–Crippen LogP) is 3.39. The molecule has 3 N–H and O–H groups in total. The molecule has 210 valence electrons. The van der Waals surface area contributed by atoms with Crippen molar-refractivity contribution in [3.63, 3.8) is 0 Å². The molecular formula is C26H40N6O5S. The number of carbonyl (C=O) groups excluding carboxylic acids is 2. The highest BCUT2D eigenvalue weighted by Gasteiger charge is 2.17. The molecule has 0 aliphatic carbocycles. The Hall–Kier alpha value is -3.09. The van der Waals surface area contributed by atoms with Gasteiger partial charge < -0.3 is 30.2 Å². The lowest BCUT2D eigenvalue weighted by molar-refractivity contribution is -0.139. The number of benzene rings is 1. The van der Waals surface area contributed by atoms with Crippen molar-refractivity contribution in [2.75, 3.05) is 70.1 Å². The van der Waals surface area contributed by atoms with E-state index in [1.54, 1.807) is 19.1 Å². The first kappa shape index (κ1) is 31.1. The van der Waals surface area contributed by atoms with E-state index in [1.165, 1.54) is 7.11 Å². The maximum absolute atomic E-state index is 11.6. The molecule has 0 bridgehead atoms. The Bertz CT molecular complexity index is 1010. The minimum absolute atomic E-state index is 0.164. The number of aromatic nitrogens is 2. The Kier molecular flexibility index (Phi) is 14.3. The third-order valence-corrected chi connectivity index (χ3v) is 6.68. The highest BCUT2D eigenvalue weighted by atomic mass is 32.2. The Morgan fingerprint density at radius 3 is 2.63 bits per heavy atom. The van der Waals surface area contributed by atoms with Crippen molar-refractivity contribution < 1.29 is 23.8 Å². The van der Waals surface area contributed by atoms with Crippen LogP contribution in [0.15, 0.2) is 29.2 Å². The summed E-state index contributed by atoms with van der Waals surface area (Å²) in [4.78, 5) is 34.4. The van der Waals surface area contributed by atoms with E-state index in [4.69, 9.17) is 19.9 Å². The second-order valence-corrected chi connectivity index (χ2v) is 9.77. The summed E-state index contributed by atoms with van der Waals surface area (Å²) in [6.45, 7) is 5.46. The van der Waals surface area contributed by atoms with Gasteiger partial charge in [-0.3, -0.25) is 9.59 Å². The van der Waals surface area contributed by atoms with E-state index >= 15 is 0 Å². The minimum atomic E-state index is -0.260. The second kappa shape index (κ2) is 17.4. The van der Waals surface area contributed by atoms with E-state index in [2.05, 4.69) is 26.5 Å². The van der Waals surface area contributed by atoms with Crippen LogP contribution in [0.4, 0.5) is 17.3 Å². The first-order valence-corrected chi connectivity index (χ1v) is 13.5. The van der Waals surface area contributed by atoms with E-state index < -0.39 is 0 Å². The molecule has 2 rings (SSSR count). The molecule has 0 fully saturated rings. The zero-order valence-electron chi connectivity index (χ0n) is 22.8. The average molecular weight is 549 g/mol. The van der Waals surface area contributed by atoms with Crippen LogP contribution < -0.4 is 20.7 Å². The van der Waals surface area contributed by atoms with E-state index in [1.807, 2.05) is 36.2 Å². The number of ether oxygens (including phenoxy) is 3. The van der Waals surface area contributed by atoms with Crippen LogP contribution in [0.5, 0.6) is 6.01 Å². The van der Waals surface area contributed by atoms with Crippen LogP contribution in [0.25, 0.3) is 0 Å². The van der Waals surface area contributed by atoms with Crippen LogP contribution in [0.2, 0.25) is 0 Å². The van der Waals surface area contributed by atoms with Gasteiger partial charge in [0.25, 0.3) is 0 Å². The van der Waals surface area contributed by atoms with Gasteiger partial charge in [-0.1, -0.05) is 25.5 Å². The smallest absolute Gasteiger partial charge is 0.320 e. The summed E-state index contributed by atoms with van der Waals surface area (Å²) < 4.78 is 18.0. The molecule has 1 aromatic heterocycles. The Balaban J connectivity index is 1.98. The third-order valence-electron chi connectivity index (χ3n) is 5.60. The number of rotatable bonds is 19. The van der Waals surface area contributed by atoms with Crippen molar-refractivity contribution in [3.8, 4) is 6.01 Å². The molecule has 12 heteroatoms. The summed E-state index contributed by atoms with van der Waals surface area (Å²) in [5.41, 5.74) is 7.37. The lowest BCUT2D eigenvalue weighted by Crippen LogP contribution is -2.25. The number of hydrogen-bond donors (Lipinski definition) is 2. The molecule has 0 atom stereocenters. The molecule has 0 saturated carbocycles. The summed E-state index contributed by atoms with van der Waals surface area (Å²) in [6.07, 6.45) is 4.48. The Morgan fingerprint density at radius 2 is 1.92 bits per heavy atom. The van der Waals surface area contributed by atoms with Gasteiger partial charge in [0.05, 0.1) is 26.7 Å². The molecule has 0 spiro atoms. The van der Waals surface area contributed by atoms with E-state index in [-0.39, 0.29) is 24.2 Å². The van der Waals surface area contributed by atoms with Gasteiger partial charge in [-0.25, -0.2) is 4.31 Å². The number of esters is 1. The first-order chi connectivity index (χ1) is 18.4. The van der Waals surface area contributed by atoms with Crippen molar-refractivity contribution in [2.24, 2.45) is 0 Å². The Morgan fingerprint density at radius 1 is 1.13 bits per heavy atom. The highest BCUT2D eigenvalue weighted by Crippen LogP contribution is 2.30. The normalized spacial score (nSPS) is 10.9. The molecule has 11 nitrogen and oxygen atoms in total. The fourth-order valence-corrected chi connectivity index (χ4v) is 4.56. The number of nitrogen functional groups attached to an aromatic ring is 1. The standard InChI is InChI=1S/C26H40N6O5S/c1-5-6-15-37-26-29-24(27)23(28-19-33)25(30-26)31(2)12-7-8-13-32(14-16-35-3)38-21-11-9-10-20(17-21)18-22(34)36-4/h9-11,17,19H,5-8,12-16,18H2,1-4H3,(H,28,33)(H2,27,29,30). The number of unbranched alkanes of at least 4 members (excludes halogenated alkanes) is 2. The molecule has 1 heterocycles. The quantitative estimate of drug-likeness (QED) is 0.116. The third kappa shape index (κ3) is 10.7. The monoisotopic (exact) mass is 548 g/mol. The predicted molar refractivity (Wildman–Crippen MR) is 151 cm³/mol. The van der Waals surface area contributed by atoms with Gasteiger partial charge in [0.1, 0.15) is 5.69 Å². The largest absolute Gasteiger partial charge is 0.469 e. The summed E-state index contributed by atoms with van der Waals surface area (Å²) in [5, 5.41) is 2.62. The number of anilines is 3. The number of nitrogens with one attached hydrogen (secondary N) is 1. The van der Waals surface area contributed by atoms with Gasteiger partial charge in [0, 0.05) is 38.7 Å². The topological polar surface area (TPSA) is 132 Å². The van der Waals surface area contributed by atoms with Crippen LogP contribution in [0.3, 0.4) is 0 Å². The summed E-state index contributed by atoms with van der Waals surface area (Å²) in [7, 11) is 4.98. The molecule has 0 aliphatic rings. The van der Waals surface area contributed by atoms with Gasteiger partial charge in [-0.2, -0.15) is 9.97 Å². The lowest BCUT2D eigenvalue weighted by atomic mass is 10.1. The Labute approximate surface area is 229 Å². The lowest BCUT2D eigenvalue weighted by Gasteiger charge is -2.24. The highest BCUT2D eigenvalue weighted by molar-refractivity contribution is 7.97. The zero-order valence-corrected chi connectivity index (χ0v) is 23.6. The molecule has 0 aliphatic heterocycles. The van der Waals surface area contributed by atoms with Crippen molar-refractivity contribution in [1.29, 1.82) is 0 Å². The van der Waals surface area contributed by atoms with E-state index in [9.17, 15) is 9.59 Å². The van der Waals surface area contributed by atoms with Crippen molar-refractivity contribution in [3.05, 3.63) is 29.8 Å². The van der Waals surface area contributed by atoms with Gasteiger partial charge in [-0.15, -0.1) is 0 Å². The molecule has 1 aromatic carbocycles. The van der Waals surface area contributed by atoms with Crippen LogP contribution in [-0.2, 0) is 25.5 Å². The minimum Gasteiger partial charge on any atom is -0.469 e. The number of hydrogen-bond acceptors (Lipinski definition) is 11. The molecule has 0 saturated heterocycles. The first-order valence-electron chi connectivity index (χ1n) is 12.7.